The van der Waals surface area contributed by atoms with E-state index in [1.165, 1.54) is 6.33 Å². The van der Waals surface area contributed by atoms with Gasteiger partial charge >= 0.3 is 5.97 Å². The number of benzene rings is 1. The van der Waals surface area contributed by atoms with Crippen molar-refractivity contribution in [3.63, 3.8) is 0 Å². The quantitative estimate of drug-likeness (QED) is 0.466. The molecule has 0 radical (unpaired) electrons. The molecule has 0 aliphatic carbocycles. The van der Waals surface area contributed by atoms with Gasteiger partial charge in [-0.1, -0.05) is 42.5 Å². The van der Waals surface area contributed by atoms with Crippen molar-refractivity contribution in [1.29, 1.82) is 0 Å². The van der Waals surface area contributed by atoms with E-state index in [9.17, 15) is 9.59 Å². The summed E-state index contributed by atoms with van der Waals surface area (Å²) in [7, 11) is 0. The number of aliphatic carboxylic acids is 1. The zero-order valence-electron chi connectivity index (χ0n) is 16.7. The van der Waals surface area contributed by atoms with Gasteiger partial charge in [0.1, 0.15) is 0 Å². The van der Waals surface area contributed by atoms with E-state index >= 15 is 0 Å². The monoisotopic (exact) mass is 435 g/mol. The van der Waals surface area contributed by atoms with Gasteiger partial charge in [-0.2, -0.15) is 0 Å². The SMILES string of the molecule is [C-]#[N+]c1c(-c2ccccc2)n(CCC(=O)N2CCC(C(=O)O)CC2)c2c(=S)nc[nH]c12. The van der Waals surface area contributed by atoms with E-state index in [1.807, 2.05) is 34.9 Å². The molecule has 1 aliphatic heterocycles. The predicted octanol–water partition coefficient (Wildman–Crippen LogP) is 4.02. The predicted molar refractivity (Wildman–Crippen MR) is 118 cm³/mol. The van der Waals surface area contributed by atoms with Gasteiger partial charge in [-0.25, -0.2) is 9.83 Å². The Hall–Kier alpha value is -3.51. The minimum atomic E-state index is -0.799. The van der Waals surface area contributed by atoms with Gasteiger partial charge in [0.05, 0.1) is 35.5 Å². The molecule has 1 fully saturated rings. The van der Waals surface area contributed by atoms with Crippen molar-refractivity contribution in [1.82, 2.24) is 19.4 Å². The van der Waals surface area contributed by atoms with Crippen molar-refractivity contribution in [2.24, 2.45) is 5.92 Å². The van der Waals surface area contributed by atoms with Gasteiger partial charge in [-0.05, 0) is 18.4 Å². The minimum absolute atomic E-state index is 0.0344. The van der Waals surface area contributed by atoms with Crippen molar-refractivity contribution >= 4 is 40.8 Å². The molecular weight excluding hydrogens is 414 g/mol. The lowest BCUT2D eigenvalue weighted by Crippen LogP contribution is -2.40. The molecule has 0 spiro atoms. The highest BCUT2D eigenvalue weighted by atomic mass is 32.1. The van der Waals surface area contributed by atoms with Crippen molar-refractivity contribution in [3.05, 3.63) is 52.7 Å². The fraction of sp³-hybridized carbons (Fsp3) is 0.318. The van der Waals surface area contributed by atoms with E-state index in [4.69, 9.17) is 23.9 Å². The van der Waals surface area contributed by atoms with E-state index in [-0.39, 0.29) is 18.2 Å². The first-order valence-electron chi connectivity index (χ1n) is 10.0. The summed E-state index contributed by atoms with van der Waals surface area (Å²) in [6, 6.07) is 9.56. The van der Waals surface area contributed by atoms with Crippen molar-refractivity contribution < 1.29 is 14.7 Å². The lowest BCUT2D eigenvalue weighted by molar-refractivity contribution is -0.145. The van der Waals surface area contributed by atoms with Crippen LogP contribution in [-0.2, 0) is 16.1 Å². The van der Waals surface area contributed by atoms with E-state index in [0.717, 1.165) is 5.56 Å². The Labute approximate surface area is 184 Å². The maximum Gasteiger partial charge on any atom is 0.306 e. The average molecular weight is 436 g/mol. The van der Waals surface area contributed by atoms with Gasteiger partial charge in [-0.3, -0.25) is 9.59 Å². The molecule has 0 atom stereocenters. The number of carboxylic acid groups (broad SMARTS) is 1. The molecule has 1 aliphatic rings. The Morgan fingerprint density at radius 2 is 1.97 bits per heavy atom. The summed E-state index contributed by atoms with van der Waals surface area (Å²) in [4.78, 5) is 36.7. The summed E-state index contributed by atoms with van der Waals surface area (Å²) in [5, 5.41) is 9.16. The molecule has 3 heterocycles. The Morgan fingerprint density at radius 1 is 1.26 bits per heavy atom. The van der Waals surface area contributed by atoms with Crippen LogP contribution >= 0.6 is 12.2 Å². The number of carboxylic acids is 1. The molecule has 8 nitrogen and oxygen atoms in total. The summed E-state index contributed by atoms with van der Waals surface area (Å²) in [5.74, 6) is -1.22. The van der Waals surface area contributed by atoms with Crippen LogP contribution in [0.25, 0.3) is 27.1 Å². The van der Waals surface area contributed by atoms with Gasteiger partial charge in [0.25, 0.3) is 0 Å². The number of amides is 1. The second kappa shape index (κ2) is 8.70. The second-order valence-corrected chi connectivity index (χ2v) is 7.89. The number of aromatic nitrogens is 3. The van der Waals surface area contributed by atoms with Crippen LogP contribution in [0.1, 0.15) is 19.3 Å². The maximum absolute atomic E-state index is 12.8. The van der Waals surface area contributed by atoms with E-state index in [0.29, 0.717) is 59.5 Å². The fourth-order valence-electron chi connectivity index (χ4n) is 4.14. The third kappa shape index (κ3) is 3.94. The molecule has 9 heteroatoms. The van der Waals surface area contributed by atoms with Crippen LogP contribution < -0.4 is 0 Å². The number of carbonyl (C=O) groups is 2. The topological polar surface area (TPSA) is 95.6 Å². The number of piperidine rings is 1. The number of hydrogen-bond donors (Lipinski definition) is 2. The van der Waals surface area contributed by atoms with Crippen LogP contribution in [-0.4, -0.2) is 49.5 Å². The number of carbonyl (C=O) groups excluding carboxylic acids is 1. The highest BCUT2D eigenvalue weighted by molar-refractivity contribution is 7.71. The molecule has 31 heavy (non-hydrogen) atoms. The first-order chi connectivity index (χ1) is 15.0. The molecule has 0 unspecified atom stereocenters. The third-order valence-electron chi connectivity index (χ3n) is 5.74. The molecule has 158 valence electrons. The first kappa shape index (κ1) is 20.8. The van der Waals surface area contributed by atoms with Gasteiger partial charge in [-0.15, -0.1) is 0 Å². The Bertz CT molecular complexity index is 1230. The molecule has 2 N–H and O–H groups in total. The van der Waals surface area contributed by atoms with Gasteiger partial charge in [0.2, 0.25) is 11.6 Å². The zero-order valence-corrected chi connectivity index (χ0v) is 17.6. The number of fused-ring (bicyclic) bond motifs is 1. The number of H-pyrrole nitrogens is 1. The number of aromatic amines is 1. The number of nitrogens with zero attached hydrogens (tertiary/aromatic N) is 4. The summed E-state index contributed by atoms with van der Waals surface area (Å²) in [6.45, 7) is 8.98. The van der Waals surface area contributed by atoms with Crippen LogP contribution in [0.15, 0.2) is 36.7 Å². The van der Waals surface area contributed by atoms with Crippen molar-refractivity contribution in [2.45, 2.75) is 25.8 Å². The molecule has 1 aromatic carbocycles. The lowest BCUT2D eigenvalue weighted by Gasteiger charge is -2.30. The minimum Gasteiger partial charge on any atom is -0.481 e. The van der Waals surface area contributed by atoms with Crippen LogP contribution in [0, 0.1) is 17.1 Å². The zero-order chi connectivity index (χ0) is 22.0. The summed E-state index contributed by atoms with van der Waals surface area (Å²) in [6.07, 6.45) is 2.65. The van der Waals surface area contributed by atoms with E-state index < -0.39 is 5.97 Å². The van der Waals surface area contributed by atoms with Crippen LogP contribution in [0.5, 0.6) is 0 Å². The first-order valence-corrected chi connectivity index (χ1v) is 10.5. The average Bonchev–Trinajstić information content (AvgIpc) is 3.12. The highest BCUT2D eigenvalue weighted by Crippen LogP contribution is 2.39. The summed E-state index contributed by atoms with van der Waals surface area (Å²) in [5.41, 5.74) is 3.27. The maximum atomic E-state index is 12.8. The largest absolute Gasteiger partial charge is 0.481 e. The number of hydrogen-bond acceptors (Lipinski definition) is 4. The molecule has 4 rings (SSSR count). The molecule has 0 saturated carbocycles. The third-order valence-corrected chi connectivity index (χ3v) is 6.03. The second-order valence-electron chi connectivity index (χ2n) is 7.50. The number of rotatable bonds is 5. The Balaban J connectivity index is 1.66. The van der Waals surface area contributed by atoms with Crippen molar-refractivity contribution in [2.75, 3.05) is 13.1 Å². The lowest BCUT2D eigenvalue weighted by atomic mass is 9.97. The number of nitrogens with one attached hydrogen (secondary N) is 1. The van der Waals surface area contributed by atoms with Crippen LogP contribution in [0.2, 0.25) is 0 Å². The molecule has 1 amide bonds. The molecule has 3 aromatic rings. The van der Waals surface area contributed by atoms with Gasteiger partial charge in [0.15, 0.2) is 4.64 Å². The smallest absolute Gasteiger partial charge is 0.306 e. The molecule has 2 aromatic heterocycles. The Morgan fingerprint density at radius 3 is 2.61 bits per heavy atom. The van der Waals surface area contributed by atoms with Crippen LogP contribution in [0.3, 0.4) is 0 Å². The molecular formula is C22H21N5O3S. The van der Waals surface area contributed by atoms with E-state index in [1.54, 1.807) is 4.90 Å². The van der Waals surface area contributed by atoms with Crippen LogP contribution in [0.4, 0.5) is 5.69 Å². The molecule has 1 saturated heterocycles. The fourth-order valence-corrected chi connectivity index (χ4v) is 4.41. The van der Waals surface area contributed by atoms with E-state index in [2.05, 4.69) is 14.8 Å². The highest BCUT2D eigenvalue weighted by Gasteiger charge is 2.27. The van der Waals surface area contributed by atoms with Crippen molar-refractivity contribution in [3.8, 4) is 11.3 Å². The summed E-state index contributed by atoms with van der Waals surface area (Å²) < 4.78 is 2.28. The normalized spacial score (nSPS) is 14.5. The summed E-state index contributed by atoms with van der Waals surface area (Å²) >= 11 is 5.45. The van der Waals surface area contributed by atoms with Gasteiger partial charge in [0, 0.05) is 26.1 Å². The Kier molecular flexibility index (Phi) is 5.82. The van der Waals surface area contributed by atoms with Gasteiger partial charge < -0.3 is 19.6 Å². The number of likely N-dealkylation sites (tertiary alicyclic amines) is 1. The molecule has 0 bridgehead atoms. The standard InChI is InChI=1S/C22H21N5O3S/c1-23-17-18-20(21(31)25-13-24-18)27(19(17)14-5-3-2-4-6-14)12-9-16(28)26-10-7-15(8-11-26)22(29)30/h2-6,13,15H,7-12H2,(H,29,30)(H,24,25,31). The number of aryl methyl sites for hydroxylation is 1.